The third-order valence-electron chi connectivity index (χ3n) is 5.53. The molecule has 9 heteroatoms. The molecule has 2 aromatic carbocycles. The van der Waals surface area contributed by atoms with Crippen molar-refractivity contribution in [3.05, 3.63) is 102 Å². The number of aryl methyl sites for hydroxylation is 1. The molecule has 0 spiro atoms. The summed E-state index contributed by atoms with van der Waals surface area (Å²) >= 11 is 0. The second kappa shape index (κ2) is 8.68. The van der Waals surface area contributed by atoms with E-state index in [-0.39, 0.29) is 0 Å². The number of carbonyl (C=O) groups excluding carboxylic acids is 1. The number of nitrogens with one attached hydrogen (secondary N) is 1. The summed E-state index contributed by atoms with van der Waals surface area (Å²) < 4.78 is 43.1. The first-order valence-corrected chi connectivity index (χ1v) is 10.6. The highest BCUT2D eigenvalue weighted by molar-refractivity contribution is 6.06. The first-order chi connectivity index (χ1) is 16.8. The number of rotatable bonds is 4. The molecule has 174 valence electrons. The van der Waals surface area contributed by atoms with E-state index in [0.717, 1.165) is 11.6 Å². The van der Waals surface area contributed by atoms with E-state index in [1.807, 2.05) is 6.92 Å². The number of benzene rings is 2. The van der Waals surface area contributed by atoms with Gasteiger partial charge in [-0.2, -0.15) is 13.2 Å². The van der Waals surface area contributed by atoms with Crippen LogP contribution in [0.1, 0.15) is 21.5 Å². The molecule has 3 aromatic heterocycles. The van der Waals surface area contributed by atoms with Crippen LogP contribution in [0.4, 0.5) is 18.9 Å². The van der Waals surface area contributed by atoms with Crippen LogP contribution in [0, 0.1) is 6.92 Å². The number of imidazole rings is 1. The molecular formula is C26H18F3N5O. The second-order valence-electron chi connectivity index (χ2n) is 7.91. The maximum Gasteiger partial charge on any atom is 0.417 e. The Hall–Kier alpha value is -4.53. The van der Waals surface area contributed by atoms with Crippen LogP contribution in [-0.2, 0) is 6.18 Å². The molecule has 6 nitrogen and oxygen atoms in total. The highest BCUT2D eigenvalue weighted by Crippen LogP contribution is 2.36. The van der Waals surface area contributed by atoms with E-state index in [0.29, 0.717) is 34.0 Å². The van der Waals surface area contributed by atoms with Gasteiger partial charge in [0, 0.05) is 29.8 Å². The highest BCUT2D eigenvalue weighted by atomic mass is 19.4. The van der Waals surface area contributed by atoms with Gasteiger partial charge in [-0.05, 0) is 48.9 Å². The van der Waals surface area contributed by atoms with E-state index in [1.165, 1.54) is 12.1 Å². The van der Waals surface area contributed by atoms with Gasteiger partial charge in [0.25, 0.3) is 5.91 Å². The van der Waals surface area contributed by atoms with Gasteiger partial charge in [-0.1, -0.05) is 29.8 Å². The average molecular weight is 473 g/mol. The summed E-state index contributed by atoms with van der Waals surface area (Å²) in [5.41, 5.74) is 1.59. The topological polar surface area (TPSA) is 72.2 Å². The molecule has 0 atom stereocenters. The molecule has 1 N–H and O–H groups in total. The molecule has 3 heterocycles. The molecule has 0 saturated heterocycles. The molecule has 0 aliphatic rings. The minimum atomic E-state index is -4.70. The van der Waals surface area contributed by atoms with Crippen molar-refractivity contribution in [2.75, 3.05) is 5.32 Å². The Morgan fingerprint density at radius 2 is 1.69 bits per heavy atom. The third kappa shape index (κ3) is 4.35. The number of anilines is 1. The Morgan fingerprint density at radius 3 is 2.40 bits per heavy atom. The zero-order valence-corrected chi connectivity index (χ0v) is 18.4. The van der Waals surface area contributed by atoms with Crippen LogP contribution < -0.4 is 5.32 Å². The summed E-state index contributed by atoms with van der Waals surface area (Å²) in [7, 11) is 0. The Kier molecular flexibility index (Phi) is 5.52. The fourth-order valence-electron chi connectivity index (χ4n) is 3.83. The molecule has 0 aliphatic heterocycles. The summed E-state index contributed by atoms with van der Waals surface area (Å²) in [6.45, 7) is 1.88. The summed E-state index contributed by atoms with van der Waals surface area (Å²) in [5, 5.41) is 2.57. The third-order valence-corrected chi connectivity index (χ3v) is 5.53. The average Bonchev–Trinajstić information content (AvgIpc) is 3.29. The van der Waals surface area contributed by atoms with E-state index < -0.39 is 23.2 Å². The maximum atomic E-state index is 13.8. The van der Waals surface area contributed by atoms with Gasteiger partial charge >= 0.3 is 6.18 Å². The molecule has 0 radical (unpaired) electrons. The van der Waals surface area contributed by atoms with Gasteiger partial charge < -0.3 is 5.32 Å². The van der Waals surface area contributed by atoms with Crippen LogP contribution in [0.15, 0.2) is 85.5 Å². The lowest BCUT2D eigenvalue weighted by atomic mass is 9.98. The molecule has 0 unspecified atom stereocenters. The van der Waals surface area contributed by atoms with Crippen LogP contribution >= 0.6 is 0 Å². The number of carbonyl (C=O) groups is 1. The molecule has 0 saturated carbocycles. The lowest BCUT2D eigenvalue weighted by molar-refractivity contribution is -0.137. The van der Waals surface area contributed by atoms with Crippen LogP contribution in [0.25, 0.3) is 28.3 Å². The quantitative estimate of drug-likeness (QED) is 0.346. The van der Waals surface area contributed by atoms with Gasteiger partial charge in [0.1, 0.15) is 0 Å². The summed E-state index contributed by atoms with van der Waals surface area (Å²) in [5.74, 6) is 0.0591. The number of halogens is 3. The van der Waals surface area contributed by atoms with Crippen molar-refractivity contribution in [3.63, 3.8) is 0 Å². The summed E-state index contributed by atoms with van der Waals surface area (Å²) in [6, 6.07) is 15.6. The molecule has 35 heavy (non-hydrogen) atoms. The van der Waals surface area contributed by atoms with E-state index in [1.54, 1.807) is 71.7 Å². The molecule has 0 aliphatic carbocycles. The number of aromatic nitrogens is 4. The molecule has 1 amide bonds. The number of alkyl halides is 3. The monoisotopic (exact) mass is 473 g/mol. The van der Waals surface area contributed by atoms with E-state index in [4.69, 9.17) is 0 Å². The number of amides is 1. The Balaban J connectivity index is 1.60. The number of hydrogen-bond acceptors (Lipinski definition) is 4. The number of pyridine rings is 1. The lowest BCUT2D eigenvalue weighted by Gasteiger charge is -2.15. The van der Waals surface area contributed by atoms with E-state index in [2.05, 4.69) is 20.3 Å². The fraction of sp³-hybridized carbons (Fsp3) is 0.0769. The van der Waals surface area contributed by atoms with Gasteiger partial charge in [-0.25, -0.2) is 15.0 Å². The molecular weight excluding hydrogens is 455 g/mol. The predicted molar refractivity (Wildman–Crippen MR) is 126 cm³/mol. The van der Waals surface area contributed by atoms with Crippen molar-refractivity contribution >= 4 is 17.1 Å². The zero-order chi connectivity index (χ0) is 24.6. The normalized spacial score (nSPS) is 11.5. The summed E-state index contributed by atoms with van der Waals surface area (Å²) in [4.78, 5) is 25.8. The van der Waals surface area contributed by atoms with Gasteiger partial charge in [-0.15, -0.1) is 0 Å². The first kappa shape index (κ1) is 22.3. The standard InChI is InChI=1S/C26H18F3N5O/c1-16-5-8-18(9-6-16)33-25(35)20-14-17(7-10-21(20)26(27,28)29)19-4-2-13-34-22(19)15-32-24(34)23-30-11-3-12-31-23/h2-15H,1H3,(H,33,35). The maximum absolute atomic E-state index is 13.8. The Labute approximate surface area is 198 Å². The van der Waals surface area contributed by atoms with Gasteiger partial charge in [-0.3, -0.25) is 9.20 Å². The zero-order valence-electron chi connectivity index (χ0n) is 18.4. The second-order valence-corrected chi connectivity index (χ2v) is 7.91. The van der Waals surface area contributed by atoms with Crippen LogP contribution in [0.2, 0.25) is 0 Å². The van der Waals surface area contributed by atoms with Crippen molar-refractivity contribution in [3.8, 4) is 22.8 Å². The number of nitrogens with zero attached hydrogens (tertiary/aromatic N) is 4. The van der Waals surface area contributed by atoms with Crippen LogP contribution in [0.3, 0.4) is 0 Å². The number of hydrogen-bond donors (Lipinski definition) is 1. The first-order valence-electron chi connectivity index (χ1n) is 10.6. The van der Waals surface area contributed by atoms with Crippen molar-refractivity contribution in [2.24, 2.45) is 0 Å². The predicted octanol–water partition coefficient (Wildman–Crippen LogP) is 6.04. The van der Waals surface area contributed by atoms with E-state index >= 15 is 0 Å². The summed E-state index contributed by atoms with van der Waals surface area (Å²) in [6.07, 6.45) is 1.88. The van der Waals surface area contributed by atoms with Crippen molar-refractivity contribution in [1.29, 1.82) is 0 Å². The van der Waals surface area contributed by atoms with Crippen LogP contribution in [0.5, 0.6) is 0 Å². The van der Waals surface area contributed by atoms with Crippen molar-refractivity contribution in [2.45, 2.75) is 13.1 Å². The van der Waals surface area contributed by atoms with Gasteiger partial charge in [0.05, 0.1) is 22.8 Å². The minimum Gasteiger partial charge on any atom is -0.322 e. The number of fused-ring (bicyclic) bond motifs is 1. The molecule has 0 bridgehead atoms. The van der Waals surface area contributed by atoms with E-state index in [9.17, 15) is 18.0 Å². The largest absolute Gasteiger partial charge is 0.417 e. The molecule has 5 aromatic rings. The van der Waals surface area contributed by atoms with Crippen molar-refractivity contribution in [1.82, 2.24) is 19.4 Å². The smallest absolute Gasteiger partial charge is 0.322 e. The molecule has 5 rings (SSSR count). The van der Waals surface area contributed by atoms with Crippen LogP contribution in [-0.4, -0.2) is 25.3 Å². The highest BCUT2D eigenvalue weighted by Gasteiger charge is 2.35. The van der Waals surface area contributed by atoms with Gasteiger partial charge in [0.2, 0.25) is 0 Å². The van der Waals surface area contributed by atoms with Gasteiger partial charge in [0.15, 0.2) is 11.6 Å². The minimum absolute atomic E-state index is 0.407. The Morgan fingerprint density at radius 1 is 0.943 bits per heavy atom. The lowest BCUT2D eigenvalue weighted by Crippen LogP contribution is -2.19. The SMILES string of the molecule is Cc1ccc(NC(=O)c2cc(-c3cccn4c(-c5ncccn5)ncc34)ccc2C(F)(F)F)cc1. The Bertz CT molecular complexity index is 1530. The molecule has 0 fully saturated rings. The van der Waals surface area contributed by atoms with Crippen molar-refractivity contribution < 1.29 is 18.0 Å². The fourth-order valence-corrected chi connectivity index (χ4v) is 3.83.